The molecule has 3 N–H and O–H groups in total. The first kappa shape index (κ1) is 14.9. The largest absolute Gasteiger partial charge is 0.490 e. The number of ether oxygens (including phenoxy) is 1. The summed E-state index contributed by atoms with van der Waals surface area (Å²) in [6, 6.07) is 4.30. The fourth-order valence-electron chi connectivity index (χ4n) is 1.84. The predicted octanol–water partition coefficient (Wildman–Crippen LogP) is 2.04. The van der Waals surface area contributed by atoms with Crippen LogP contribution in [0.1, 0.15) is 25.7 Å². The van der Waals surface area contributed by atoms with Crippen molar-refractivity contribution in [3.8, 4) is 17.1 Å². The van der Waals surface area contributed by atoms with Crippen LogP contribution in [0.5, 0.6) is 5.75 Å². The first-order valence-electron chi connectivity index (χ1n) is 6.44. The Morgan fingerprint density at radius 2 is 2.14 bits per heavy atom. The van der Waals surface area contributed by atoms with Gasteiger partial charge in [-0.2, -0.15) is 5.10 Å². The molecule has 8 nitrogen and oxygen atoms in total. The summed E-state index contributed by atoms with van der Waals surface area (Å²) in [6.07, 6.45) is 0. The van der Waals surface area contributed by atoms with Gasteiger partial charge < -0.3 is 10.5 Å². The van der Waals surface area contributed by atoms with Crippen molar-refractivity contribution in [2.45, 2.75) is 19.9 Å². The number of aromatic amines is 1. The lowest BCUT2D eigenvalue weighted by Gasteiger charge is -2.11. The minimum absolute atomic E-state index is 0.130. The Kier molecular flexibility index (Phi) is 4.18. The van der Waals surface area contributed by atoms with Crippen molar-refractivity contribution < 1.29 is 9.66 Å². The van der Waals surface area contributed by atoms with Gasteiger partial charge in [-0.1, -0.05) is 13.8 Å². The van der Waals surface area contributed by atoms with E-state index in [1.165, 1.54) is 19.2 Å². The van der Waals surface area contributed by atoms with Gasteiger partial charge in [0, 0.05) is 11.6 Å². The fourth-order valence-corrected chi connectivity index (χ4v) is 1.84. The van der Waals surface area contributed by atoms with E-state index in [4.69, 9.17) is 10.5 Å². The molecule has 2 aromatic rings. The summed E-state index contributed by atoms with van der Waals surface area (Å²) in [5.41, 5.74) is 6.39. The molecule has 1 heterocycles. The SMILES string of the molecule is COc1ccc(-c2n[nH]c([C@@H](N)C(C)C)n2)cc1[N+](=O)[O-]. The number of rotatable bonds is 5. The molecule has 0 unspecified atom stereocenters. The number of hydrogen-bond donors (Lipinski definition) is 2. The number of nitrogens with two attached hydrogens (primary N) is 1. The van der Waals surface area contributed by atoms with E-state index in [0.717, 1.165) is 0 Å². The van der Waals surface area contributed by atoms with E-state index in [1.807, 2.05) is 13.8 Å². The molecule has 1 aromatic heterocycles. The Hall–Kier alpha value is -2.48. The molecule has 112 valence electrons. The number of nitrogens with one attached hydrogen (secondary N) is 1. The molecule has 8 heteroatoms. The second-order valence-corrected chi connectivity index (χ2v) is 4.96. The van der Waals surface area contributed by atoms with Crippen LogP contribution in [-0.2, 0) is 0 Å². The van der Waals surface area contributed by atoms with Gasteiger partial charge in [0.25, 0.3) is 0 Å². The lowest BCUT2D eigenvalue weighted by molar-refractivity contribution is -0.385. The van der Waals surface area contributed by atoms with E-state index in [2.05, 4.69) is 15.2 Å². The minimum atomic E-state index is -0.504. The zero-order valence-electron chi connectivity index (χ0n) is 12.0. The molecular formula is C13H17N5O3. The Morgan fingerprint density at radius 1 is 1.43 bits per heavy atom. The van der Waals surface area contributed by atoms with Crippen LogP contribution in [0.3, 0.4) is 0 Å². The van der Waals surface area contributed by atoms with Crippen molar-refractivity contribution in [1.82, 2.24) is 15.2 Å². The number of aromatic nitrogens is 3. The first-order valence-corrected chi connectivity index (χ1v) is 6.44. The molecule has 0 fully saturated rings. The van der Waals surface area contributed by atoms with E-state index >= 15 is 0 Å². The molecule has 0 aliphatic rings. The van der Waals surface area contributed by atoms with Gasteiger partial charge in [0.05, 0.1) is 18.1 Å². The summed E-state index contributed by atoms with van der Waals surface area (Å²) in [4.78, 5) is 14.8. The quantitative estimate of drug-likeness (QED) is 0.642. The third kappa shape index (κ3) is 3.00. The number of methoxy groups -OCH3 is 1. The van der Waals surface area contributed by atoms with Gasteiger partial charge in [-0.3, -0.25) is 15.2 Å². The van der Waals surface area contributed by atoms with E-state index in [9.17, 15) is 10.1 Å². The summed E-state index contributed by atoms with van der Waals surface area (Å²) < 4.78 is 4.96. The second-order valence-electron chi connectivity index (χ2n) is 4.96. The highest BCUT2D eigenvalue weighted by Gasteiger charge is 2.19. The molecule has 2 rings (SSSR count). The number of nitro benzene ring substituents is 1. The third-order valence-electron chi connectivity index (χ3n) is 3.17. The van der Waals surface area contributed by atoms with Crippen molar-refractivity contribution in [1.29, 1.82) is 0 Å². The predicted molar refractivity (Wildman–Crippen MR) is 76.8 cm³/mol. The van der Waals surface area contributed by atoms with Crippen molar-refractivity contribution in [3.63, 3.8) is 0 Å². The van der Waals surface area contributed by atoms with Gasteiger partial charge in [0.2, 0.25) is 0 Å². The van der Waals surface area contributed by atoms with Crippen molar-refractivity contribution in [2.75, 3.05) is 7.11 Å². The smallest absolute Gasteiger partial charge is 0.311 e. The molecule has 0 amide bonds. The van der Waals surface area contributed by atoms with Crippen LogP contribution in [0.2, 0.25) is 0 Å². The Morgan fingerprint density at radius 3 is 2.71 bits per heavy atom. The minimum Gasteiger partial charge on any atom is -0.490 e. The summed E-state index contributed by atoms with van der Waals surface area (Å²) in [6.45, 7) is 3.95. The molecule has 21 heavy (non-hydrogen) atoms. The highest BCUT2D eigenvalue weighted by molar-refractivity contribution is 5.63. The number of nitrogens with zero attached hydrogens (tertiary/aromatic N) is 3. The summed E-state index contributed by atoms with van der Waals surface area (Å²) >= 11 is 0. The third-order valence-corrected chi connectivity index (χ3v) is 3.17. The van der Waals surface area contributed by atoms with Gasteiger partial charge in [-0.25, -0.2) is 4.98 Å². The molecule has 0 bridgehead atoms. The molecule has 0 aliphatic carbocycles. The second kappa shape index (κ2) is 5.88. The van der Waals surface area contributed by atoms with Crippen molar-refractivity contribution in [2.24, 2.45) is 11.7 Å². The van der Waals surface area contributed by atoms with Gasteiger partial charge >= 0.3 is 5.69 Å². The van der Waals surface area contributed by atoms with E-state index in [0.29, 0.717) is 17.2 Å². The topological polar surface area (TPSA) is 120 Å². The normalized spacial score (nSPS) is 12.4. The van der Waals surface area contributed by atoms with Crippen LogP contribution in [0.4, 0.5) is 5.69 Å². The fraction of sp³-hybridized carbons (Fsp3) is 0.385. The van der Waals surface area contributed by atoms with Gasteiger partial charge in [-0.15, -0.1) is 0 Å². The molecule has 1 atom stereocenters. The Labute approximate surface area is 121 Å². The highest BCUT2D eigenvalue weighted by atomic mass is 16.6. The standard InChI is InChI=1S/C13H17N5O3/c1-7(2)11(14)13-15-12(16-17-13)8-4-5-10(21-3)9(6-8)18(19)20/h4-7,11H,14H2,1-3H3,(H,15,16,17)/t11-/m0/s1. The van der Waals surface area contributed by atoms with Crippen molar-refractivity contribution >= 4 is 5.69 Å². The monoisotopic (exact) mass is 291 g/mol. The van der Waals surface area contributed by atoms with Crippen LogP contribution in [0.25, 0.3) is 11.4 Å². The molecule has 0 saturated carbocycles. The maximum atomic E-state index is 11.0. The zero-order valence-corrected chi connectivity index (χ0v) is 12.0. The lowest BCUT2D eigenvalue weighted by Crippen LogP contribution is -2.18. The van der Waals surface area contributed by atoms with Crippen LogP contribution in [0, 0.1) is 16.0 Å². The molecule has 0 aliphatic heterocycles. The zero-order chi connectivity index (χ0) is 15.6. The first-order chi connectivity index (χ1) is 9.93. The van der Waals surface area contributed by atoms with Crippen molar-refractivity contribution in [3.05, 3.63) is 34.1 Å². The Bertz CT molecular complexity index is 653. The number of benzene rings is 1. The number of nitro groups is 1. The number of H-pyrrole nitrogens is 1. The van der Waals surface area contributed by atoms with E-state index in [-0.39, 0.29) is 23.4 Å². The molecule has 0 radical (unpaired) electrons. The lowest BCUT2D eigenvalue weighted by atomic mass is 10.1. The summed E-state index contributed by atoms with van der Waals surface area (Å²) in [5.74, 6) is 1.32. The summed E-state index contributed by atoms with van der Waals surface area (Å²) in [5, 5.41) is 17.9. The Balaban J connectivity index is 2.39. The van der Waals surface area contributed by atoms with Gasteiger partial charge in [0.1, 0.15) is 5.82 Å². The molecule has 1 aromatic carbocycles. The average Bonchev–Trinajstić information content (AvgIpc) is 2.95. The van der Waals surface area contributed by atoms with Crippen LogP contribution in [0.15, 0.2) is 18.2 Å². The average molecular weight is 291 g/mol. The van der Waals surface area contributed by atoms with Crippen LogP contribution < -0.4 is 10.5 Å². The number of hydrogen-bond acceptors (Lipinski definition) is 6. The van der Waals surface area contributed by atoms with Crippen LogP contribution in [-0.4, -0.2) is 27.2 Å². The van der Waals surface area contributed by atoms with Gasteiger partial charge in [0.15, 0.2) is 11.6 Å². The van der Waals surface area contributed by atoms with E-state index < -0.39 is 4.92 Å². The van der Waals surface area contributed by atoms with E-state index in [1.54, 1.807) is 6.07 Å². The highest BCUT2D eigenvalue weighted by Crippen LogP contribution is 2.31. The molecular weight excluding hydrogens is 274 g/mol. The maximum Gasteiger partial charge on any atom is 0.311 e. The molecule has 0 saturated heterocycles. The molecule has 0 spiro atoms. The summed E-state index contributed by atoms with van der Waals surface area (Å²) in [7, 11) is 1.38. The maximum absolute atomic E-state index is 11.0. The van der Waals surface area contributed by atoms with Crippen LogP contribution >= 0.6 is 0 Å². The van der Waals surface area contributed by atoms with Gasteiger partial charge in [-0.05, 0) is 18.1 Å².